The third kappa shape index (κ3) is 10.3. The van der Waals surface area contributed by atoms with Crippen LogP contribution in [-0.4, -0.2) is 54.8 Å². The van der Waals surface area contributed by atoms with Gasteiger partial charge in [-0.3, -0.25) is 0 Å². The third-order valence-corrected chi connectivity index (χ3v) is 5.76. The maximum absolute atomic E-state index is 12.6. The van der Waals surface area contributed by atoms with Crippen LogP contribution in [0.1, 0.15) is 73.6 Å². The maximum Gasteiger partial charge on any atom is 0.409 e. The summed E-state index contributed by atoms with van der Waals surface area (Å²) in [5, 5.41) is 14.7. The number of alkyl carbamates (subject to hydrolysis) is 1. The van der Waals surface area contributed by atoms with Gasteiger partial charge in [0.1, 0.15) is 5.60 Å². The van der Waals surface area contributed by atoms with E-state index in [2.05, 4.69) is 35.9 Å². The molecule has 8 nitrogen and oxygen atoms in total. The summed E-state index contributed by atoms with van der Waals surface area (Å²) in [5.74, 6) is 0. The highest BCUT2D eigenvalue weighted by atomic mass is 31.0. The van der Waals surface area contributed by atoms with Gasteiger partial charge in [-0.25, -0.2) is 9.59 Å². The first-order valence-electron chi connectivity index (χ1n) is 10.7. The van der Waals surface area contributed by atoms with E-state index < -0.39 is 17.8 Å². The van der Waals surface area contributed by atoms with Crippen LogP contribution in [0.4, 0.5) is 9.59 Å². The van der Waals surface area contributed by atoms with Crippen LogP contribution in [0.3, 0.4) is 0 Å². The number of hydrogen-bond acceptors (Lipinski definition) is 6. The Bertz CT molecular complexity index is 572. The van der Waals surface area contributed by atoms with Crippen molar-refractivity contribution in [1.82, 2.24) is 10.6 Å². The van der Waals surface area contributed by atoms with Crippen LogP contribution in [0.5, 0.6) is 0 Å². The van der Waals surface area contributed by atoms with Gasteiger partial charge in [-0.05, 0) is 57.3 Å². The topological polar surface area (TPSA) is 106 Å². The zero-order valence-electron chi connectivity index (χ0n) is 19.4. The normalized spacial score (nSPS) is 24.6. The molecule has 1 rings (SSSR count). The zero-order chi connectivity index (χ0) is 23.0. The van der Waals surface area contributed by atoms with Crippen molar-refractivity contribution in [2.24, 2.45) is 10.8 Å². The molecule has 176 valence electrons. The Kier molecular flexibility index (Phi) is 10.3. The van der Waals surface area contributed by atoms with Crippen LogP contribution < -0.4 is 10.6 Å². The second kappa shape index (κ2) is 11.5. The van der Waals surface area contributed by atoms with E-state index in [9.17, 15) is 9.59 Å². The van der Waals surface area contributed by atoms with E-state index in [1.165, 1.54) is 0 Å². The van der Waals surface area contributed by atoms with E-state index in [1.54, 1.807) is 0 Å². The molecule has 0 bridgehead atoms. The number of hydrogen-bond donors (Lipinski definition) is 3. The molecule has 4 unspecified atom stereocenters. The number of ether oxygens (including phenoxy) is 2. The Morgan fingerprint density at radius 2 is 1.90 bits per heavy atom. The standard InChI is InChI=1S/C21H41N2O6P/c1-15(7-9-24)27-10-8-20(4,5)28-18(26)23-16-11-19(2,3)13-21(6,12-16)14-22-17(25)29-30/h15-16,24H,7-14,30H2,1-6H3,(H,22,25)(H,23,26). The molecule has 4 atom stereocenters. The molecule has 30 heavy (non-hydrogen) atoms. The first-order chi connectivity index (χ1) is 13.8. The highest BCUT2D eigenvalue weighted by molar-refractivity contribution is 7.10. The van der Waals surface area contributed by atoms with Crippen LogP contribution in [0, 0.1) is 10.8 Å². The lowest BCUT2D eigenvalue weighted by atomic mass is 9.62. The number of aliphatic hydroxyl groups excluding tert-OH is 1. The number of amides is 2. The lowest BCUT2D eigenvalue weighted by Gasteiger charge is -2.46. The Hall–Kier alpha value is -1.11. The molecule has 0 heterocycles. The summed E-state index contributed by atoms with van der Waals surface area (Å²) < 4.78 is 15.9. The van der Waals surface area contributed by atoms with Gasteiger partial charge >= 0.3 is 12.2 Å². The van der Waals surface area contributed by atoms with E-state index in [0.29, 0.717) is 26.0 Å². The molecule has 0 saturated heterocycles. The van der Waals surface area contributed by atoms with Crippen LogP contribution in [0.25, 0.3) is 0 Å². The van der Waals surface area contributed by atoms with Gasteiger partial charge < -0.3 is 29.7 Å². The average molecular weight is 449 g/mol. The van der Waals surface area contributed by atoms with Gasteiger partial charge in [-0.1, -0.05) is 20.8 Å². The molecule has 9 heteroatoms. The van der Waals surface area contributed by atoms with Crippen molar-refractivity contribution in [2.75, 3.05) is 19.8 Å². The molecule has 1 fully saturated rings. The molecule has 1 aliphatic carbocycles. The monoisotopic (exact) mass is 448 g/mol. The SMILES string of the molecule is CC(CCO)OCCC(C)(C)OC(=O)NC1CC(C)(C)CC(C)(CNC(=O)OP)C1. The fraction of sp³-hybridized carbons (Fsp3) is 0.905. The largest absolute Gasteiger partial charge is 0.443 e. The van der Waals surface area contributed by atoms with Crippen LogP contribution in [0.2, 0.25) is 0 Å². The molecule has 0 aliphatic heterocycles. The summed E-state index contributed by atoms with van der Waals surface area (Å²) in [6, 6.07) is -0.0447. The van der Waals surface area contributed by atoms with Crippen molar-refractivity contribution < 1.29 is 28.7 Å². The van der Waals surface area contributed by atoms with Crippen LogP contribution in [-0.2, 0) is 14.0 Å². The molecule has 2 amide bonds. The zero-order valence-corrected chi connectivity index (χ0v) is 20.5. The van der Waals surface area contributed by atoms with Gasteiger partial charge in [-0.15, -0.1) is 0 Å². The Labute approximate surface area is 183 Å². The van der Waals surface area contributed by atoms with E-state index in [0.717, 1.165) is 19.3 Å². The molecular formula is C21H41N2O6P. The van der Waals surface area contributed by atoms with Gasteiger partial charge in [0.2, 0.25) is 0 Å². The first kappa shape index (κ1) is 26.9. The predicted molar refractivity (Wildman–Crippen MR) is 119 cm³/mol. The summed E-state index contributed by atoms with van der Waals surface area (Å²) in [6.07, 6.45) is 2.71. The van der Waals surface area contributed by atoms with Gasteiger partial charge in [0.25, 0.3) is 0 Å². The minimum absolute atomic E-state index is 0.0176. The lowest BCUT2D eigenvalue weighted by Crippen LogP contribution is -2.51. The predicted octanol–water partition coefficient (Wildman–Crippen LogP) is 3.77. The third-order valence-electron chi connectivity index (χ3n) is 5.54. The molecular weight excluding hydrogens is 407 g/mol. The maximum atomic E-state index is 12.6. The molecule has 0 spiro atoms. The Morgan fingerprint density at radius 1 is 1.23 bits per heavy atom. The fourth-order valence-electron chi connectivity index (χ4n) is 4.47. The van der Waals surface area contributed by atoms with E-state index in [1.807, 2.05) is 30.2 Å². The van der Waals surface area contributed by atoms with Crippen molar-refractivity contribution in [3.8, 4) is 0 Å². The van der Waals surface area contributed by atoms with Gasteiger partial charge in [0.05, 0.1) is 22.2 Å². The van der Waals surface area contributed by atoms with Crippen molar-refractivity contribution in [3.05, 3.63) is 0 Å². The number of nitrogens with one attached hydrogen (secondary N) is 2. The van der Waals surface area contributed by atoms with Gasteiger partial charge in [0.15, 0.2) is 0 Å². The summed E-state index contributed by atoms with van der Waals surface area (Å²) in [6.45, 7) is 13.1. The lowest BCUT2D eigenvalue weighted by molar-refractivity contribution is -0.0162. The van der Waals surface area contributed by atoms with Crippen molar-refractivity contribution in [2.45, 2.75) is 91.4 Å². The minimum atomic E-state index is -0.666. The average Bonchev–Trinajstić information content (AvgIpc) is 2.57. The smallest absolute Gasteiger partial charge is 0.409 e. The highest BCUT2D eigenvalue weighted by Gasteiger charge is 2.42. The van der Waals surface area contributed by atoms with Crippen LogP contribution >= 0.6 is 9.47 Å². The summed E-state index contributed by atoms with van der Waals surface area (Å²) >= 11 is 0. The van der Waals surface area contributed by atoms with Crippen LogP contribution in [0.15, 0.2) is 0 Å². The van der Waals surface area contributed by atoms with E-state index in [4.69, 9.17) is 14.6 Å². The summed E-state index contributed by atoms with van der Waals surface area (Å²) in [5.41, 5.74) is -0.810. The van der Waals surface area contributed by atoms with Crippen molar-refractivity contribution in [1.29, 1.82) is 0 Å². The number of aliphatic hydroxyl groups is 1. The highest BCUT2D eigenvalue weighted by Crippen LogP contribution is 2.45. The quantitative estimate of drug-likeness (QED) is 0.439. The van der Waals surface area contributed by atoms with Gasteiger partial charge in [-0.2, -0.15) is 0 Å². The minimum Gasteiger partial charge on any atom is -0.443 e. The van der Waals surface area contributed by atoms with Gasteiger partial charge in [0, 0.05) is 25.6 Å². The van der Waals surface area contributed by atoms with E-state index >= 15 is 0 Å². The molecule has 3 N–H and O–H groups in total. The van der Waals surface area contributed by atoms with E-state index in [-0.39, 0.29) is 29.6 Å². The summed E-state index contributed by atoms with van der Waals surface area (Å²) in [4.78, 5) is 24.0. The number of carbonyl (C=O) groups excluding carboxylic acids is 2. The van der Waals surface area contributed by atoms with Crippen molar-refractivity contribution >= 4 is 21.7 Å². The molecule has 1 aliphatic rings. The second-order valence-electron chi connectivity index (χ2n) is 10.3. The first-order valence-corrected chi connectivity index (χ1v) is 11.1. The molecule has 1 saturated carbocycles. The fourth-order valence-corrected chi connectivity index (χ4v) is 4.55. The molecule has 0 radical (unpaired) electrons. The Balaban J connectivity index is 2.58. The number of rotatable bonds is 10. The molecule has 0 aromatic heterocycles. The molecule has 0 aromatic rings. The molecule has 0 aromatic carbocycles. The second-order valence-corrected chi connectivity index (χ2v) is 10.5. The Morgan fingerprint density at radius 3 is 2.50 bits per heavy atom. The van der Waals surface area contributed by atoms with Crippen molar-refractivity contribution in [3.63, 3.8) is 0 Å². The summed E-state index contributed by atoms with van der Waals surface area (Å²) in [7, 11) is 1.94. The number of carbonyl (C=O) groups is 2.